The van der Waals surface area contributed by atoms with E-state index in [1.807, 2.05) is 37.3 Å². The second-order valence-electron chi connectivity index (χ2n) is 4.58. The molecule has 2 aromatic heterocycles. The monoisotopic (exact) mass is 281 g/mol. The van der Waals surface area contributed by atoms with Crippen molar-refractivity contribution >= 4 is 33.9 Å². The van der Waals surface area contributed by atoms with Crippen molar-refractivity contribution in [2.75, 3.05) is 16.5 Å². The highest BCUT2D eigenvalue weighted by Gasteiger charge is 2.09. The Kier molecular flexibility index (Phi) is 3.25. The molecule has 2 heterocycles. The third-order valence-electron chi connectivity index (χ3n) is 3.14. The van der Waals surface area contributed by atoms with Crippen molar-refractivity contribution in [3.8, 4) is 0 Å². The summed E-state index contributed by atoms with van der Waals surface area (Å²) in [5.74, 6) is 6.23. The van der Waals surface area contributed by atoms with E-state index in [1.165, 1.54) is 6.33 Å². The smallest absolute Gasteiger partial charge is 0.168 e. The molecular weight excluding hydrogens is 266 g/mol. The highest BCUT2D eigenvalue weighted by Crippen LogP contribution is 2.29. The van der Waals surface area contributed by atoms with E-state index >= 15 is 0 Å². The summed E-state index contributed by atoms with van der Waals surface area (Å²) in [5, 5.41) is 4.19. The van der Waals surface area contributed by atoms with Crippen LogP contribution in [0.5, 0.6) is 0 Å². The summed E-state index contributed by atoms with van der Waals surface area (Å²) < 4.78 is 0. The van der Waals surface area contributed by atoms with E-state index in [1.54, 1.807) is 0 Å². The second kappa shape index (κ2) is 5.22. The highest BCUT2D eigenvalue weighted by atomic mass is 15.3. The lowest BCUT2D eigenvalue weighted by Crippen LogP contribution is -2.12. The Balaban J connectivity index is 2.06. The number of nitrogens with zero attached hydrogens (tertiary/aromatic N) is 3. The van der Waals surface area contributed by atoms with Gasteiger partial charge in [0.1, 0.15) is 12.0 Å². The molecule has 7 heteroatoms. The normalized spacial score (nSPS) is 10.6. The first kappa shape index (κ1) is 13.1. The van der Waals surface area contributed by atoms with Gasteiger partial charge in [0.15, 0.2) is 11.6 Å². The fourth-order valence-corrected chi connectivity index (χ4v) is 2.10. The summed E-state index contributed by atoms with van der Waals surface area (Å²) in [6.07, 6.45) is 1.39. The zero-order valence-corrected chi connectivity index (χ0v) is 11.5. The van der Waals surface area contributed by atoms with Crippen LogP contribution in [0.4, 0.5) is 23.0 Å². The maximum Gasteiger partial charge on any atom is 0.168 e. The minimum Gasteiger partial charge on any atom is -0.393 e. The Hall–Kier alpha value is -2.93. The van der Waals surface area contributed by atoms with Crippen LogP contribution < -0.4 is 22.3 Å². The molecule has 0 amide bonds. The van der Waals surface area contributed by atoms with Crippen molar-refractivity contribution in [3.05, 3.63) is 42.4 Å². The van der Waals surface area contributed by atoms with Crippen LogP contribution in [0.1, 0.15) is 5.69 Å². The third kappa shape index (κ3) is 2.41. The van der Waals surface area contributed by atoms with Crippen LogP contribution in [-0.4, -0.2) is 15.0 Å². The molecule has 0 fully saturated rings. The van der Waals surface area contributed by atoms with Crippen LogP contribution in [0, 0.1) is 6.92 Å². The van der Waals surface area contributed by atoms with Gasteiger partial charge in [0.2, 0.25) is 0 Å². The van der Waals surface area contributed by atoms with Crippen molar-refractivity contribution in [1.29, 1.82) is 0 Å². The quantitative estimate of drug-likeness (QED) is 0.428. The number of aryl methyl sites for hydroxylation is 1. The lowest BCUT2D eigenvalue weighted by atomic mass is 10.1. The van der Waals surface area contributed by atoms with E-state index in [9.17, 15) is 0 Å². The van der Waals surface area contributed by atoms with E-state index in [-0.39, 0.29) is 0 Å². The SMILES string of the molecule is Cc1ccc2c(Nc3ncnc(NN)c3N)cccc2n1. The number of nitrogens with one attached hydrogen (secondary N) is 2. The largest absolute Gasteiger partial charge is 0.393 e. The molecule has 0 unspecified atom stereocenters. The topological polar surface area (TPSA) is 115 Å². The molecule has 106 valence electrons. The third-order valence-corrected chi connectivity index (χ3v) is 3.14. The van der Waals surface area contributed by atoms with Gasteiger partial charge in [-0.15, -0.1) is 0 Å². The summed E-state index contributed by atoms with van der Waals surface area (Å²) in [4.78, 5) is 12.6. The fraction of sp³-hybridized carbons (Fsp3) is 0.0714. The van der Waals surface area contributed by atoms with Crippen LogP contribution >= 0.6 is 0 Å². The number of aromatic nitrogens is 3. The summed E-state index contributed by atoms with van der Waals surface area (Å²) in [5.41, 5.74) is 11.5. The Labute approximate surface area is 121 Å². The van der Waals surface area contributed by atoms with Gasteiger partial charge in [-0.3, -0.25) is 4.98 Å². The van der Waals surface area contributed by atoms with Gasteiger partial charge in [0.05, 0.1) is 5.52 Å². The molecule has 0 aliphatic rings. The maximum atomic E-state index is 5.96. The van der Waals surface area contributed by atoms with Crippen LogP contribution in [0.15, 0.2) is 36.7 Å². The van der Waals surface area contributed by atoms with Gasteiger partial charge in [0.25, 0.3) is 0 Å². The zero-order valence-electron chi connectivity index (χ0n) is 11.5. The number of nitrogen functional groups attached to an aromatic ring is 2. The Morgan fingerprint density at radius 2 is 1.86 bits per heavy atom. The molecule has 0 aliphatic heterocycles. The summed E-state index contributed by atoms with van der Waals surface area (Å²) in [6, 6.07) is 9.81. The van der Waals surface area contributed by atoms with Crippen molar-refractivity contribution in [2.24, 2.45) is 5.84 Å². The first-order valence-electron chi connectivity index (χ1n) is 6.39. The minimum absolute atomic E-state index is 0.358. The van der Waals surface area contributed by atoms with Crippen LogP contribution in [0.3, 0.4) is 0 Å². The molecule has 21 heavy (non-hydrogen) atoms. The number of rotatable bonds is 3. The van der Waals surface area contributed by atoms with Crippen molar-refractivity contribution in [3.63, 3.8) is 0 Å². The molecule has 0 bridgehead atoms. The van der Waals surface area contributed by atoms with Crippen LogP contribution in [0.2, 0.25) is 0 Å². The minimum atomic E-state index is 0.358. The number of pyridine rings is 1. The van der Waals surface area contributed by atoms with Crippen molar-refractivity contribution in [2.45, 2.75) is 6.92 Å². The van der Waals surface area contributed by atoms with E-state index in [0.717, 1.165) is 22.3 Å². The number of hydrogen-bond acceptors (Lipinski definition) is 7. The molecule has 3 rings (SSSR count). The molecule has 0 radical (unpaired) electrons. The number of fused-ring (bicyclic) bond motifs is 1. The predicted molar refractivity (Wildman–Crippen MR) is 84.0 cm³/mol. The van der Waals surface area contributed by atoms with Crippen molar-refractivity contribution in [1.82, 2.24) is 15.0 Å². The van der Waals surface area contributed by atoms with Gasteiger partial charge in [-0.2, -0.15) is 0 Å². The molecule has 0 aliphatic carbocycles. The van der Waals surface area contributed by atoms with Crippen LogP contribution in [0.25, 0.3) is 10.9 Å². The standard InChI is InChI=1S/C14H15N7/c1-8-5-6-9-10(19-8)3-2-4-11(9)20-13-12(15)14(21-16)18-7-17-13/h2-7H,15-16H2,1H3,(H2,17,18,20,21). The Bertz CT molecular complexity index is 800. The summed E-state index contributed by atoms with van der Waals surface area (Å²) >= 11 is 0. The average Bonchev–Trinajstić information content (AvgIpc) is 2.49. The molecular formula is C14H15N7. The first-order chi connectivity index (χ1) is 10.2. The summed E-state index contributed by atoms with van der Waals surface area (Å²) in [7, 11) is 0. The van der Waals surface area contributed by atoms with E-state index < -0.39 is 0 Å². The lowest BCUT2D eigenvalue weighted by molar-refractivity contribution is 1.14. The van der Waals surface area contributed by atoms with E-state index in [0.29, 0.717) is 17.3 Å². The predicted octanol–water partition coefficient (Wildman–Crippen LogP) is 1.94. The molecule has 0 atom stereocenters. The number of hydrazine groups is 1. The van der Waals surface area contributed by atoms with Gasteiger partial charge in [-0.1, -0.05) is 6.07 Å². The van der Waals surface area contributed by atoms with Crippen molar-refractivity contribution < 1.29 is 0 Å². The molecule has 6 N–H and O–H groups in total. The van der Waals surface area contributed by atoms with Gasteiger partial charge < -0.3 is 16.5 Å². The second-order valence-corrected chi connectivity index (χ2v) is 4.58. The number of anilines is 4. The molecule has 3 aromatic rings. The summed E-state index contributed by atoms with van der Waals surface area (Å²) in [6.45, 7) is 1.96. The van der Waals surface area contributed by atoms with E-state index in [2.05, 4.69) is 25.7 Å². The molecule has 0 spiro atoms. The zero-order chi connectivity index (χ0) is 14.8. The van der Waals surface area contributed by atoms with Gasteiger partial charge >= 0.3 is 0 Å². The maximum absolute atomic E-state index is 5.96. The molecule has 7 nitrogen and oxygen atoms in total. The first-order valence-corrected chi connectivity index (χ1v) is 6.39. The fourth-order valence-electron chi connectivity index (χ4n) is 2.10. The van der Waals surface area contributed by atoms with Gasteiger partial charge in [0, 0.05) is 16.8 Å². The van der Waals surface area contributed by atoms with Gasteiger partial charge in [-0.05, 0) is 31.2 Å². The molecule has 0 saturated heterocycles. The number of nitrogens with two attached hydrogens (primary N) is 2. The number of benzene rings is 1. The molecule has 1 aromatic carbocycles. The van der Waals surface area contributed by atoms with Crippen LogP contribution in [-0.2, 0) is 0 Å². The number of hydrogen-bond donors (Lipinski definition) is 4. The van der Waals surface area contributed by atoms with E-state index in [4.69, 9.17) is 11.6 Å². The van der Waals surface area contributed by atoms with Gasteiger partial charge in [-0.25, -0.2) is 15.8 Å². The lowest BCUT2D eigenvalue weighted by Gasteiger charge is -2.12. The molecule has 0 saturated carbocycles. The Morgan fingerprint density at radius 3 is 2.67 bits per heavy atom. The average molecular weight is 281 g/mol. The Morgan fingerprint density at radius 1 is 1.05 bits per heavy atom. The highest BCUT2D eigenvalue weighted by molar-refractivity contribution is 5.94.